The van der Waals surface area contributed by atoms with Gasteiger partial charge in [0.1, 0.15) is 18.2 Å². The lowest BCUT2D eigenvalue weighted by Gasteiger charge is -2.13. The predicted molar refractivity (Wildman–Crippen MR) is 109 cm³/mol. The van der Waals surface area contributed by atoms with Crippen molar-refractivity contribution in [3.8, 4) is 5.75 Å². The number of halogens is 2. The van der Waals surface area contributed by atoms with Gasteiger partial charge in [0.05, 0.1) is 23.1 Å². The van der Waals surface area contributed by atoms with Crippen molar-refractivity contribution in [3.05, 3.63) is 76.6 Å². The number of imide groups is 1. The molecule has 7 heteroatoms. The summed E-state index contributed by atoms with van der Waals surface area (Å²) in [7, 11) is 0. The lowest BCUT2D eigenvalue weighted by Crippen LogP contribution is -2.28. The average molecular weight is 425 g/mol. The molecular formula is C23H18ClFN2O3. The Kier molecular flexibility index (Phi) is 4.66. The van der Waals surface area contributed by atoms with Gasteiger partial charge in [0.25, 0.3) is 11.8 Å². The number of hydrogen-bond acceptors (Lipinski definition) is 4. The molecule has 5 rings (SSSR count). The van der Waals surface area contributed by atoms with Crippen molar-refractivity contribution in [2.24, 2.45) is 28.8 Å². The summed E-state index contributed by atoms with van der Waals surface area (Å²) in [5.41, 5.74) is 1.05. The van der Waals surface area contributed by atoms with Crippen molar-refractivity contribution in [1.82, 2.24) is 5.01 Å². The van der Waals surface area contributed by atoms with Crippen molar-refractivity contribution < 1.29 is 18.7 Å². The van der Waals surface area contributed by atoms with Gasteiger partial charge in [0, 0.05) is 5.56 Å². The molecule has 1 saturated carbocycles. The molecule has 2 amide bonds. The molecule has 0 spiro atoms. The summed E-state index contributed by atoms with van der Waals surface area (Å²) in [4.78, 5) is 25.3. The van der Waals surface area contributed by atoms with Crippen LogP contribution in [0.4, 0.5) is 4.39 Å². The number of allylic oxidation sites excluding steroid dienone is 2. The summed E-state index contributed by atoms with van der Waals surface area (Å²) >= 11 is 6.28. The van der Waals surface area contributed by atoms with Gasteiger partial charge in [-0.15, -0.1) is 0 Å². The highest BCUT2D eigenvalue weighted by Gasteiger charge is 2.59. The van der Waals surface area contributed by atoms with Crippen molar-refractivity contribution in [3.63, 3.8) is 0 Å². The van der Waals surface area contributed by atoms with Crippen LogP contribution < -0.4 is 4.74 Å². The lowest BCUT2D eigenvalue weighted by molar-refractivity contribution is -0.140. The highest BCUT2D eigenvalue weighted by molar-refractivity contribution is 6.32. The predicted octanol–water partition coefficient (Wildman–Crippen LogP) is 4.20. The summed E-state index contributed by atoms with van der Waals surface area (Å²) in [6.07, 6.45) is 6.42. The second-order valence-corrected chi connectivity index (χ2v) is 8.21. The number of hydrogen-bond donors (Lipinski definition) is 0. The Labute approximate surface area is 177 Å². The van der Waals surface area contributed by atoms with E-state index < -0.39 is 0 Å². The van der Waals surface area contributed by atoms with Crippen LogP contribution in [0.3, 0.4) is 0 Å². The number of fused-ring (bicyclic) bond motifs is 5. The Hall–Kier alpha value is -2.99. The molecule has 4 atom stereocenters. The summed E-state index contributed by atoms with van der Waals surface area (Å²) in [5, 5.41) is 5.47. The highest BCUT2D eigenvalue weighted by Crippen LogP contribution is 2.52. The van der Waals surface area contributed by atoms with E-state index >= 15 is 0 Å². The van der Waals surface area contributed by atoms with Crippen molar-refractivity contribution in [2.75, 3.05) is 0 Å². The van der Waals surface area contributed by atoms with E-state index in [-0.39, 0.29) is 47.9 Å². The number of carbonyl (C=O) groups excluding carboxylic acids is 2. The van der Waals surface area contributed by atoms with Crippen LogP contribution in [0, 0.1) is 29.5 Å². The molecule has 2 bridgehead atoms. The Balaban J connectivity index is 1.27. The molecule has 30 heavy (non-hydrogen) atoms. The molecule has 3 aliphatic rings. The Morgan fingerprint density at radius 3 is 2.47 bits per heavy atom. The molecule has 2 aliphatic carbocycles. The minimum atomic E-state index is -0.342. The minimum Gasteiger partial charge on any atom is -0.487 e. The second kappa shape index (κ2) is 7.36. The third-order valence-corrected chi connectivity index (χ3v) is 6.36. The van der Waals surface area contributed by atoms with Gasteiger partial charge in [-0.05, 0) is 48.1 Å². The quantitative estimate of drug-likeness (QED) is 0.410. The number of carbonyl (C=O) groups is 2. The fourth-order valence-electron chi connectivity index (χ4n) is 4.61. The van der Waals surface area contributed by atoms with Gasteiger partial charge in [-0.25, -0.2) is 4.39 Å². The number of benzene rings is 2. The van der Waals surface area contributed by atoms with E-state index in [4.69, 9.17) is 16.3 Å². The van der Waals surface area contributed by atoms with Gasteiger partial charge in [0.2, 0.25) is 0 Å². The van der Waals surface area contributed by atoms with Crippen LogP contribution in [0.15, 0.2) is 59.7 Å². The van der Waals surface area contributed by atoms with E-state index in [0.29, 0.717) is 21.9 Å². The number of rotatable bonds is 5. The first kappa shape index (κ1) is 19.0. The van der Waals surface area contributed by atoms with E-state index in [0.717, 1.165) is 11.4 Å². The number of nitrogens with zero attached hydrogens (tertiary/aromatic N) is 2. The maximum absolute atomic E-state index is 13.7. The minimum absolute atomic E-state index is 0.0513. The smallest absolute Gasteiger partial charge is 0.254 e. The summed E-state index contributed by atoms with van der Waals surface area (Å²) in [5.74, 6) is -0.643. The highest BCUT2D eigenvalue weighted by atomic mass is 35.5. The van der Waals surface area contributed by atoms with Gasteiger partial charge in [-0.2, -0.15) is 10.1 Å². The molecule has 1 heterocycles. The van der Waals surface area contributed by atoms with E-state index in [9.17, 15) is 14.0 Å². The zero-order valence-electron chi connectivity index (χ0n) is 15.9. The van der Waals surface area contributed by atoms with Gasteiger partial charge in [0.15, 0.2) is 0 Å². The molecule has 1 saturated heterocycles. The monoisotopic (exact) mass is 424 g/mol. The summed E-state index contributed by atoms with van der Waals surface area (Å²) in [6, 6.07) is 11.4. The lowest BCUT2D eigenvalue weighted by atomic mass is 9.85. The maximum atomic E-state index is 13.7. The Morgan fingerprint density at radius 1 is 1.10 bits per heavy atom. The molecule has 0 N–H and O–H groups in total. The topological polar surface area (TPSA) is 59.0 Å². The average Bonchev–Trinajstić information content (AvgIpc) is 3.41. The third kappa shape index (κ3) is 3.12. The SMILES string of the molecule is O=C1C2C3C=CC(C3)C2C(=O)N1N=Cc1ccc(OCc2ccccc2F)c(Cl)c1. The Bertz CT molecular complexity index is 1070. The van der Waals surface area contributed by atoms with Crippen LogP contribution in [0.5, 0.6) is 5.75 Å². The fraction of sp³-hybridized carbons (Fsp3) is 0.261. The van der Waals surface area contributed by atoms with Crippen LogP contribution in [0.1, 0.15) is 17.5 Å². The molecule has 2 fully saturated rings. The molecule has 2 aromatic rings. The van der Waals surface area contributed by atoms with Gasteiger partial charge in [-0.3, -0.25) is 9.59 Å². The maximum Gasteiger partial charge on any atom is 0.254 e. The number of ether oxygens (including phenoxy) is 1. The largest absolute Gasteiger partial charge is 0.487 e. The van der Waals surface area contributed by atoms with Crippen molar-refractivity contribution >= 4 is 29.6 Å². The molecular weight excluding hydrogens is 407 g/mol. The van der Waals surface area contributed by atoms with Crippen molar-refractivity contribution in [2.45, 2.75) is 13.0 Å². The second-order valence-electron chi connectivity index (χ2n) is 7.80. The standard InChI is InChI=1S/C23H18ClFN2O3/c24-17-9-13(5-8-19(17)30-12-16-3-1-2-4-18(16)25)11-26-27-22(28)20-14-6-7-15(10-14)21(20)23(27)29/h1-9,11,14-15,20-21H,10,12H2. The number of hydrazone groups is 1. The van der Waals surface area contributed by atoms with Gasteiger partial charge in [-0.1, -0.05) is 42.0 Å². The van der Waals surface area contributed by atoms with E-state index in [2.05, 4.69) is 5.10 Å². The van der Waals surface area contributed by atoms with Gasteiger partial charge >= 0.3 is 0 Å². The normalized spacial score (nSPS) is 26.8. The van der Waals surface area contributed by atoms with E-state index in [1.165, 1.54) is 12.3 Å². The molecule has 2 aromatic carbocycles. The Morgan fingerprint density at radius 2 is 1.80 bits per heavy atom. The molecule has 5 nitrogen and oxygen atoms in total. The van der Waals surface area contributed by atoms with Crippen LogP contribution >= 0.6 is 11.6 Å². The zero-order chi connectivity index (χ0) is 20.8. The summed E-state index contributed by atoms with van der Waals surface area (Å²) in [6.45, 7) is 0.0513. The fourth-order valence-corrected chi connectivity index (χ4v) is 4.85. The van der Waals surface area contributed by atoms with Gasteiger partial charge < -0.3 is 4.74 Å². The molecule has 4 unspecified atom stereocenters. The molecule has 0 radical (unpaired) electrons. The first-order valence-corrected chi connectivity index (χ1v) is 10.2. The first-order valence-electron chi connectivity index (χ1n) is 9.79. The number of amides is 2. The molecule has 152 valence electrons. The zero-order valence-corrected chi connectivity index (χ0v) is 16.6. The van der Waals surface area contributed by atoms with Crippen LogP contribution in [-0.4, -0.2) is 23.0 Å². The molecule has 1 aliphatic heterocycles. The summed E-state index contributed by atoms with van der Waals surface area (Å²) < 4.78 is 19.3. The van der Waals surface area contributed by atoms with Crippen LogP contribution in [0.2, 0.25) is 5.02 Å². The third-order valence-electron chi connectivity index (χ3n) is 6.07. The van der Waals surface area contributed by atoms with Crippen LogP contribution in [-0.2, 0) is 16.2 Å². The van der Waals surface area contributed by atoms with E-state index in [1.807, 2.05) is 12.2 Å². The van der Waals surface area contributed by atoms with Crippen molar-refractivity contribution in [1.29, 1.82) is 0 Å². The van der Waals surface area contributed by atoms with E-state index in [1.54, 1.807) is 36.4 Å². The first-order chi connectivity index (χ1) is 14.5. The molecule has 0 aromatic heterocycles. The van der Waals surface area contributed by atoms with Crippen LogP contribution in [0.25, 0.3) is 0 Å².